The highest BCUT2D eigenvalue weighted by molar-refractivity contribution is 7.16. The molecule has 4 nitrogen and oxygen atoms in total. The lowest BCUT2D eigenvalue weighted by Crippen LogP contribution is -2.37. The maximum atomic E-state index is 12.4. The number of carbonyl (C=O) groups is 1. The fourth-order valence-electron chi connectivity index (χ4n) is 3.24. The Bertz CT molecular complexity index is 567. The van der Waals surface area contributed by atoms with Gasteiger partial charge in [-0.05, 0) is 50.6 Å². The van der Waals surface area contributed by atoms with Crippen LogP contribution in [0.25, 0.3) is 0 Å². The molecule has 1 aliphatic heterocycles. The Kier molecular flexibility index (Phi) is 4.57. The number of nitrogens with one attached hydrogen (secondary N) is 2. The third kappa shape index (κ3) is 3.12. The van der Waals surface area contributed by atoms with E-state index in [-0.39, 0.29) is 11.8 Å². The van der Waals surface area contributed by atoms with E-state index in [9.17, 15) is 10.1 Å². The van der Waals surface area contributed by atoms with Crippen molar-refractivity contribution in [3.63, 3.8) is 0 Å². The van der Waals surface area contributed by atoms with Gasteiger partial charge in [0, 0.05) is 11.4 Å². The van der Waals surface area contributed by atoms with Crippen molar-refractivity contribution in [2.24, 2.45) is 5.92 Å². The molecule has 112 valence electrons. The highest BCUT2D eigenvalue weighted by Gasteiger charge is 2.25. The molecule has 2 aliphatic rings. The minimum absolute atomic E-state index is 0.0344. The minimum atomic E-state index is 0.0344. The molecule has 2 N–H and O–H groups in total. The van der Waals surface area contributed by atoms with Crippen molar-refractivity contribution in [2.75, 3.05) is 18.4 Å². The zero-order valence-electron chi connectivity index (χ0n) is 12.2. The Balaban J connectivity index is 1.79. The lowest BCUT2D eigenvalue weighted by atomic mass is 9.99. The number of piperidine rings is 1. The molecular weight excluding hydrogens is 282 g/mol. The van der Waals surface area contributed by atoms with Gasteiger partial charge >= 0.3 is 0 Å². The molecule has 0 saturated carbocycles. The molecule has 5 heteroatoms. The summed E-state index contributed by atoms with van der Waals surface area (Å²) in [5.74, 6) is 0.0994. The lowest BCUT2D eigenvalue weighted by molar-refractivity contribution is -0.120. The fraction of sp³-hybridized carbons (Fsp3) is 0.625. The molecule has 0 bridgehead atoms. The Morgan fingerprint density at radius 3 is 2.90 bits per heavy atom. The average molecular weight is 303 g/mol. The first-order chi connectivity index (χ1) is 10.3. The number of hydrogen-bond donors (Lipinski definition) is 2. The van der Waals surface area contributed by atoms with E-state index < -0.39 is 0 Å². The Hall–Kier alpha value is -1.38. The number of rotatable bonds is 2. The first kappa shape index (κ1) is 14.6. The summed E-state index contributed by atoms with van der Waals surface area (Å²) in [6.45, 7) is 1.75. The van der Waals surface area contributed by atoms with Gasteiger partial charge < -0.3 is 10.6 Å². The van der Waals surface area contributed by atoms with Crippen molar-refractivity contribution < 1.29 is 4.79 Å². The minimum Gasteiger partial charge on any atom is -0.316 e. The molecule has 0 aromatic carbocycles. The van der Waals surface area contributed by atoms with Crippen LogP contribution in [0, 0.1) is 17.2 Å². The van der Waals surface area contributed by atoms with Crippen LogP contribution in [0.1, 0.15) is 48.1 Å². The third-order valence-corrected chi connectivity index (χ3v) is 5.64. The Labute approximate surface area is 129 Å². The van der Waals surface area contributed by atoms with E-state index in [1.54, 1.807) is 11.3 Å². The summed E-state index contributed by atoms with van der Waals surface area (Å²) in [5, 5.41) is 16.5. The summed E-state index contributed by atoms with van der Waals surface area (Å²) < 4.78 is 0. The molecule has 21 heavy (non-hydrogen) atoms. The first-order valence-corrected chi connectivity index (χ1v) is 8.67. The summed E-state index contributed by atoms with van der Waals surface area (Å²) >= 11 is 1.62. The van der Waals surface area contributed by atoms with Gasteiger partial charge in [-0.1, -0.05) is 6.42 Å². The molecule has 1 amide bonds. The van der Waals surface area contributed by atoms with Crippen LogP contribution in [0.5, 0.6) is 0 Å². The zero-order valence-corrected chi connectivity index (χ0v) is 13.0. The summed E-state index contributed by atoms with van der Waals surface area (Å²) in [7, 11) is 0. The maximum Gasteiger partial charge on any atom is 0.229 e. The Morgan fingerprint density at radius 2 is 2.14 bits per heavy atom. The number of thiophene rings is 1. The van der Waals surface area contributed by atoms with Crippen LogP contribution >= 0.6 is 11.3 Å². The van der Waals surface area contributed by atoms with Crippen LogP contribution in [0.3, 0.4) is 0 Å². The second kappa shape index (κ2) is 6.59. The molecule has 0 unspecified atom stereocenters. The molecule has 1 aliphatic carbocycles. The molecule has 1 aromatic heterocycles. The number of nitrogens with zero attached hydrogens (tertiary/aromatic N) is 1. The number of hydrogen-bond acceptors (Lipinski definition) is 4. The van der Waals surface area contributed by atoms with E-state index in [1.165, 1.54) is 23.3 Å². The average Bonchev–Trinajstić information content (AvgIpc) is 2.68. The topological polar surface area (TPSA) is 64.9 Å². The van der Waals surface area contributed by atoms with Gasteiger partial charge in [-0.25, -0.2) is 0 Å². The van der Waals surface area contributed by atoms with Crippen molar-refractivity contribution in [2.45, 2.75) is 44.9 Å². The summed E-state index contributed by atoms with van der Waals surface area (Å²) in [6, 6.07) is 2.32. The van der Waals surface area contributed by atoms with Gasteiger partial charge in [-0.2, -0.15) is 5.26 Å². The lowest BCUT2D eigenvalue weighted by Gasteiger charge is -2.21. The molecular formula is C16H21N3OS. The van der Waals surface area contributed by atoms with Crippen LogP contribution in [0.15, 0.2) is 0 Å². The van der Waals surface area contributed by atoms with Crippen molar-refractivity contribution in [1.82, 2.24) is 5.32 Å². The maximum absolute atomic E-state index is 12.4. The van der Waals surface area contributed by atoms with Crippen LogP contribution in [0.2, 0.25) is 0 Å². The highest BCUT2D eigenvalue weighted by Crippen LogP contribution is 2.37. The van der Waals surface area contributed by atoms with Crippen LogP contribution in [-0.4, -0.2) is 19.0 Å². The highest BCUT2D eigenvalue weighted by atomic mass is 32.1. The van der Waals surface area contributed by atoms with Gasteiger partial charge in [0.25, 0.3) is 0 Å². The smallest absolute Gasteiger partial charge is 0.229 e. The molecule has 0 spiro atoms. The number of aryl methyl sites for hydroxylation is 1. The number of nitriles is 1. The van der Waals surface area contributed by atoms with Gasteiger partial charge in [0.15, 0.2) is 0 Å². The van der Waals surface area contributed by atoms with Gasteiger partial charge in [0.1, 0.15) is 11.1 Å². The molecule has 3 rings (SSSR count). The van der Waals surface area contributed by atoms with Gasteiger partial charge in [0.05, 0.1) is 11.5 Å². The summed E-state index contributed by atoms with van der Waals surface area (Å²) in [4.78, 5) is 13.7. The normalized spacial score (nSPS) is 22.0. The largest absolute Gasteiger partial charge is 0.316 e. The molecule has 1 atom stereocenters. The predicted molar refractivity (Wildman–Crippen MR) is 84.5 cm³/mol. The van der Waals surface area contributed by atoms with Gasteiger partial charge in [0.2, 0.25) is 5.91 Å². The van der Waals surface area contributed by atoms with Crippen molar-refractivity contribution in [1.29, 1.82) is 5.26 Å². The van der Waals surface area contributed by atoms with E-state index in [1.807, 2.05) is 0 Å². The van der Waals surface area contributed by atoms with E-state index in [4.69, 9.17) is 0 Å². The van der Waals surface area contributed by atoms with E-state index in [2.05, 4.69) is 16.7 Å². The first-order valence-electron chi connectivity index (χ1n) is 7.86. The number of fused-ring (bicyclic) bond motifs is 1. The van der Waals surface area contributed by atoms with Crippen LogP contribution in [0.4, 0.5) is 5.00 Å². The van der Waals surface area contributed by atoms with Crippen molar-refractivity contribution in [3.8, 4) is 6.07 Å². The standard InChI is InChI=1S/C16H21N3OS/c17-9-13-12-6-2-1-3-7-14(12)21-16(13)19-15(20)11-5-4-8-18-10-11/h11,18H,1-8,10H2,(H,19,20)/t11-/m1/s1. The third-order valence-electron chi connectivity index (χ3n) is 4.44. The second-order valence-corrected chi connectivity index (χ2v) is 7.02. The SMILES string of the molecule is N#Cc1c(NC(=O)[C@@H]2CCCNC2)sc2c1CCCCC2. The zero-order chi connectivity index (χ0) is 14.7. The van der Waals surface area contributed by atoms with Crippen LogP contribution < -0.4 is 10.6 Å². The summed E-state index contributed by atoms with van der Waals surface area (Å²) in [6.07, 6.45) is 7.60. The van der Waals surface area contributed by atoms with Gasteiger partial charge in [-0.3, -0.25) is 4.79 Å². The molecule has 1 aromatic rings. The fourth-order valence-corrected chi connectivity index (χ4v) is 4.48. The van der Waals surface area contributed by atoms with E-state index in [0.717, 1.165) is 50.2 Å². The van der Waals surface area contributed by atoms with Crippen LogP contribution in [-0.2, 0) is 17.6 Å². The van der Waals surface area contributed by atoms with Crippen molar-refractivity contribution in [3.05, 3.63) is 16.0 Å². The predicted octanol–water partition coefficient (Wildman–Crippen LogP) is 2.83. The second-order valence-electron chi connectivity index (χ2n) is 5.91. The molecule has 2 heterocycles. The molecule has 0 radical (unpaired) electrons. The summed E-state index contributed by atoms with van der Waals surface area (Å²) in [5.41, 5.74) is 1.91. The van der Waals surface area contributed by atoms with E-state index >= 15 is 0 Å². The molecule has 1 fully saturated rings. The Morgan fingerprint density at radius 1 is 1.29 bits per heavy atom. The number of anilines is 1. The molecule has 1 saturated heterocycles. The number of amides is 1. The van der Waals surface area contributed by atoms with Crippen molar-refractivity contribution >= 4 is 22.2 Å². The quantitative estimate of drug-likeness (QED) is 0.826. The monoisotopic (exact) mass is 303 g/mol. The number of carbonyl (C=O) groups excluding carboxylic acids is 1. The van der Waals surface area contributed by atoms with Gasteiger partial charge in [-0.15, -0.1) is 11.3 Å². The van der Waals surface area contributed by atoms with E-state index in [0.29, 0.717) is 5.56 Å².